The molecule has 1 atom stereocenters. The van der Waals surface area contributed by atoms with Crippen LogP contribution in [0.1, 0.15) is 33.2 Å². The predicted octanol–water partition coefficient (Wildman–Crippen LogP) is 6.53. The van der Waals surface area contributed by atoms with Crippen LogP contribution in [0.3, 0.4) is 0 Å². The molecular formula is C32H29N3O5. The van der Waals surface area contributed by atoms with E-state index < -0.39 is 11.1 Å². The average Bonchev–Trinajstić information content (AvgIpc) is 2.99. The van der Waals surface area contributed by atoms with Crippen LogP contribution < -0.4 is 14.4 Å². The number of ether oxygens (including phenoxy) is 2. The van der Waals surface area contributed by atoms with Gasteiger partial charge < -0.3 is 19.3 Å². The molecule has 0 spiro atoms. The van der Waals surface area contributed by atoms with Gasteiger partial charge in [-0.25, -0.2) is 0 Å². The summed E-state index contributed by atoms with van der Waals surface area (Å²) in [5.41, 5.74) is 3.56. The molecule has 0 aliphatic carbocycles. The van der Waals surface area contributed by atoms with Gasteiger partial charge in [0.1, 0.15) is 12.8 Å². The molecule has 202 valence electrons. The topological polar surface area (TPSA) is 85.1 Å². The molecular weight excluding hydrogens is 506 g/mol. The molecule has 8 nitrogen and oxygen atoms in total. The van der Waals surface area contributed by atoms with Crippen molar-refractivity contribution in [1.82, 2.24) is 4.90 Å². The number of methoxy groups -OCH3 is 1. The Labute approximate surface area is 232 Å². The molecule has 0 bridgehead atoms. The highest BCUT2D eigenvalue weighted by Gasteiger charge is 2.40. The standard InChI is InChI=1S/C32H29N3O5/c1-3-18-40-29-17-14-25(19-30(29)39-2)31-33(21-23-10-6-4-7-11-23)28-16-15-26(35(37)38)20-27(28)32(36)34(31)22-24-12-8-5-9-13-24/h3-17,19-20,31H,1,18,21-22H2,2H3/t31-/m1/s1. The molecule has 0 unspecified atom stereocenters. The van der Waals surface area contributed by atoms with Gasteiger partial charge in [0.25, 0.3) is 11.6 Å². The molecule has 4 aromatic carbocycles. The number of fused-ring (bicyclic) bond motifs is 1. The summed E-state index contributed by atoms with van der Waals surface area (Å²) >= 11 is 0. The molecule has 1 amide bonds. The first-order chi connectivity index (χ1) is 19.5. The highest BCUT2D eigenvalue weighted by Crippen LogP contribution is 2.43. The lowest BCUT2D eigenvalue weighted by Crippen LogP contribution is -2.48. The number of hydrogen-bond acceptors (Lipinski definition) is 6. The number of rotatable bonds is 10. The first kappa shape index (κ1) is 26.5. The van der Waals surface area contributed by atoms with Crippen molar-refractivity contribution < 1.29 is 19.2 Å². The lowest BCUT2D eigenvalue weighted by atomic mass is 9.98. The van der Waals surface area contributed by atoms with Crippen LogP contribution in [0.15, 0.2) is 110 Å². The first-order valence-corrected chi connectivity index (χ1v) is 12.9. The quantitative estimate of drug-likeness (QED) is 0.130. The van der Waals surface area contributed by atoms with Crippen LogP contribution in [0.2, 0.25) is 0 Å². The maximum Gasteiger partial charge on any atom is 0.270 e. The Morgan fingerprint density at radius 2 is 1.52 bits per heavy atom. The van der Waals surface area contributed by atoms with Crippen molar-refractivity contribution in [3.05, 3.63) is 142 Å². The van der Waals surface area contributed by atoms with E-state index in [4.69, 9.17) is 9.47 Å². The second kappa shape index (κ2) is 11.7. The predicted molar refractivity (Wildman–Crippen MR) is 153 cm³/mol. The number of nitrogens with zero attached hydrogens (tertiary/aromatic N) is 3. The van der Waals surface area contributed by atoms with Crippen molar-refractivity contribution in [1.29, 1.82) is 0 Å². The summed E-state index contributed by atoms with van der Waals surface area (Å²) in [5, 5.41) is 11.6. The van der Waals surface area contributed by atoms with E-state index in [1.807, 2.05) is 78.9 Å². The minimum Gasteiger partial charge on any atom is -0.493 e. The molecule has 1 heterocycles. The summed E-state index contributed by atoms with van der Waals surface area (Å²) in [5.74, 6) is 0.803. The third-order valence-electron chi connectivity index (χ3n) is 6.82. The summed E-state index contributed by atoms with van der Waals surface area (Å²) in [6.45, 7) is 4.80. The monoisotopic (exact) mass is 535 g/mol. The van der Waals surface area contributed by atoms with E-state index >= 15 is 0 Å². The molecule has 0 radical (unpaired) electrons. The molecule has 0 N–H and O–H groups in total. The minimum atomic E-state index is -0.538. The fourth-order valence-corrected chi connectivity index (χ4v) is 4.99. The largest absolute Gasteiger partial charge is 0.493 e. The molecule has 5 rings (SSSR count). The Hall–Kier alpha value is -5.11. The Bertz CT molecular complexity index is 1520. The number of carbonyl (C=O) groups is 1. The Kier molecular flexibility index (Phi) is 7.77. The number of anilines is 1. The van der Waals surface area contributed by atoms with Crippen molar-refractivity contribution >= 4 is 17.3 Å². The van der Waals surface area contributed by atoms with Crippen molar-refractivity contribution in [3.8, 4) is 11.5 Å². The summed E-state index contributed by atoms with van der Waals surface area (Å²) < 4.78 is 11.4. The van der Waals surface area contributed by atoms with E-state index in [-0.39, 0.29) is 17.2 Å². The van der Waals surface area contributed by atoms with Gasteiger partial charge in [0.2, 0.25) is 0 Å². The van der Waals surface area contributed by atoms with Gasteiger partial charge in [-0.2, -0.15) is 0 Å². The van der Waals surface area contributed by atoms with Crippen molar-refractivity contribution in [2.45, 2.75) is 19.3 Å². The summed E-state index contributed by atoms with van der Waals surface area (Å²) in [6.07, 6.45) is 1.12. The third kappa shape index (κ3) is 5.37. The molecule has 0 saturated carbocycles. The van der Waals surface area contributed by atoms with E-state index in [0.29, 0.717) is 36.9 Å². The highest BCUT2D eigenvalue weighted by molar-refractivity contribution is 6.02. The van der Waals surface area contributed by atoms with Gasteiger partial charge in [0.05, 0.1) is 23.3 Å². The van der Waals surface area contributed by atoms with Crippen LogP contribution >= 0.6 is 0 Å². The molecule has 1 aliphatic heterocycles. The summed E-state index contributed by atoms with van der Waals surface area (Å²) in [6, 6.07) is 29.7. The van der Waals surface area contributed by atoms with Crippen LogP contribution in [0.4, 0.5) is 11.4 Å². The minimum absolute atomic E-state index is 0.129. The Balaban J connectivity index is 1.69. The van der Waals surface area contributed by atoms with Gasteiger partial charge in [-0.3, -0.25) is 14.9 Å². The van der Waals surface area contributed by atoms with Gasteiger partial charge in [-0.15, -0.1) is 0 Å². The molecule has 8 heteroatoms. The number of nitro benzene ring substituents is 1. The number of hydrogen-bond donors (Lipinski definition) is 0. The van der Waals surface area contributed by atoms with Gasteiger partial charge in [-0.1, -0.05) is 79.4 Å². The van der Waals surface area contributed by atoms with Crippen LogP contribution in [-0.4, -0.2) is 29.4 Å². The maximum atomic E-state index is 14.2. The normalized spacial score (nSPS) is 14.4. The first-order valence-electron chi connectivity index (χ1n) is 12.9. The van der Waals surface area contributed by atoms with Crippen LogP contribution in [0, 0.1) is 10.1 Å². The molecule has 1 aliphatic rings. The summed E-state index contributed by atoms with van der Waals surface area (Å²) in [7, 11) is 1.57. The highest BCUT2D eigenvalue weighted by atomic mass is 16.6. The van der Waals surface area contributed by atoms with Gasteiger partial charge >= 0.3 is 0 Å². The summed E-state index contributed by atoms with van der Waals surface area (Å²) in [4.78, 5) is 29.2. The van der Waals surface area contributed by atoms with E-state index in [1.165, 1.54) is 12.1 Å². The lowest BCUT2D eigenvalue weighted by Gasteiger charge is -2.46. The third-order valence-corrected chi connectivity index (χ3v) is 6.82. The smallest absolute Gasteiger partial charge is 0.270 e. The van der Waals surface area contributed by atoms with E-state index in [0.717, 1.165) is 16.7 Å². The zero-order valence-corrected chi connectivity index (χ0v) is 22.1. The van der Waals surface area contributed by atoms with Gasteiger partial charge in [0.15, 0.2) is 11.5 Å². The second-order valence-electron chi connectivity index (χ2n) is 9.37. The molecule has 0 aromatic heterocycles. The average molecular weight is 536 g/mol. The number of nitro groups is 1. The van der Waals surface area contributed by atoms with Crippen molar-refractivity contribution in [2.75, 3.05) is 18.6 Å². The number of non-ortho nitro benzene ring substituents is 1. The SMILES string of the molecule is C=CCOc1ccc([C@H]2N(Cc3ccccc3)C(=O)c3cc([N+](=O)[O-])ccc3N2Cc2ccccc2)cc1OC. The number of benzene rings is 4. The van der Waals surface area contributed by atoms with Crippen LogP contribution in [0.25, 0.3) is 0 Å². The van der Waals surface area contributed by atoms with Crippen LogP contribution in [0.5, 0.6) is 11.5 Å². The molecule has 0 fully saturated rings. The lowest BCUT2D eigenvalue weighted by molar-refractivity contribution is -0.384. The Morgan fingerprint density at radius 1 is 0.875 bits per heavy atom. The molecule has 40 heavy (non-hydrogen) atoms. The number of carbonyl (C=O) groups excluding carboxylic acids is 1. The molecule has 4 aromatic rings. The van der Waals surface area contributed by atoms with Gasteiger partial charge in [0, 0.05) is 25.2 Å². The van der Waals surface area contributed by atoms with E-state index in [1.54, 1.807) is 24.2 Å². The maximum absolute atomic E-state index is 14.2. The molecule has 0 saturated heterocycles. The second-order valence-corrected chi connectivity index (χ2v) is 9.37. The van der Waals surface area contributed by atoms with Gasteiger partial charge in [-0.05, 0) is 34.9 Å². The fraction of sp³-hybridized carbons (Fsp3) is 0.156. The number of amides is 1. The zero-order chi connectivity index (χ0) is 28.1. The van der Waals surface area contributed by atoms with Crippen LogP contribution in [-0.2, 0) is 13.1 Å². The van der Waals surface area contributed by atoms with Crippen molar-refractivity contribution in [2.24, 2.45) is 0 Å². The van der Waals surface area contributed by atoms with E-state index in [2.05, 4.69) is 11.5 Å². The van der Waals surface area contributed by atoms with Crippen molar-refractivity contribution in [3.63, 3.8) is 0 Å². The van der Waals surface area contributed by atoms with E-state index in [9.17, 15) is 14.9 Å². The zero-order valence-electron chi connectivity index (χ0n) is 22.1. The fourth-order valence-electron chi connectivity index (χ4n) is 4.99. The Morgan fingerprint density at radius 3 is 2.12 bits per heavy atom.